The lowest BCUT2D eigenvalue weighted by Gasteiger charge is -2.42. The van der Waals surface area contributed by atoms with Gasteiger partial charge in [-0.1, -0.05) is 31.6 Å². The quantitative estimate of drug-likeness (QED) is 0.721. The Bertz CT molecular complexity index is 999. The van der Waals surface area contributed by atoms with Crippen LogP contribution in [0.25, 0.3) is 16.5 Å². The van der Waals surface area contributed by atoms with Gasteiger partial charge in [-0.3, -0.25) is 19.1 Å². The van der Waals surface area contributed by atoms with Crippen LogP contribution in [-0.2, 0) is 11.2 Å². The summed E-state index contributed by atoms with van der Waals surface area (Å²) in [5.41, 5.74) is 4.68. The summed E-state index contributed by atoms with van der Waals surface area (Å²) in [6.07, 6.45) is 7.42. The molecule has 0 N–H and O–H groups in total. The Hall–Kier alpha value is -2.40. The maximum absolute atomic E-state index is 13.2. The number of fused-ring (bicyclic) bond motifs is 2. The van der Waals surface area contributed by atoms with Gasteiger partial charge in [0.25, 0.3) is 0 Å². The molecule has 0 saturated carbocycles. The maximum atomic E-state index is 13.2. The number of rotatable bonds is 6. The molecule has 1 aromatic heterocycles. The Morgan fingerprint density at radius 3 is 2.60 bits per heavy atom. The van der Waals surface area contributed by atoms with E-state index in [-0.39, 0.29) is 23.8 Å². The number of nitrogens with zero attached hydrogens (tertiary/aromatic N) is 3. The van der Waals surface area contributed by atoms with E-state index in [1.54, 1.807) is 11.5 Å². The zero-order valence-corrected chi connectivity index (χ0v) is 18.6. The molecule has 0 fully saturated rings. The summed E-state index contributed by atoms with van der Waals surface area (Å²) in [6, 6.07) is 6.51. The van der Waals surface area contributed by atoms with Crippen LogP contribution in [-0.4, -0.2) is 58.4 Å². The summed E-state index contributed by atoms with van der Waals surface area (Å²) in [6.45, 7) is 11.2. The van der Waals surface area contributed by atoms with Crippen molar-refractivity contribution in [2.45, 2.75) is 53.0 Å². The van der Waals surface area contributed by atoms with Gasteiger partial charge in [0.2, 0.25) is 11.8 Å². The average Bonchev–Trinajstić information content (AvgIpc) is 3.13. The van der Waals surface area contributed by atoms with E-state index < -0.39 is 0 Å². The molecule has 4 rings (SSSR count). The highest BCUT2D eigenvalue weighted by Gasteiger charge is 2.38. The van der Waals surface area contributed by atoms with Crippen molar-refractivity contribution in [3.8, 4) is 0 Å². The smallest absolute Gasteiger partial charge is 0.230 e. The summed E-state index contributed by atoms with van der Waals surface area (Å²) in [5.74, 6) is 0.158. The predicted molar refractivity (Wildman–Crippen MR) is 122 cm³/mol. The molecule has 2 unspecified atom stereocenters. The molecule has 2 aromatic rings. The molecule has 0 saturated heterocycles. The van der Waals surface area contributed by atoms with Crippen LogP contribution < -0.4 is 0 Å². The first-order valence-corrected chi connectivity index (χ1v) is 11.4. The van der Waals surface area contributed by atoms with Crippen LogP contribution in [0.3, 0.4) is 0 Å². The lowest BCUT2D eigenvalue weighted by Crippen LogP contribution is -2.49. The number of carbonyl (C=O) groups excluding carboxylic acids is 2. The van der Waals surface area contributed by atoms with Crippen LogP contribution in [0, 0.1) is 5.92 Å². The molecule has 1 amide bonds. The van der Waals surface area contributed by atoms with E-state index in [0.717, 1.165) is 51.0 Å². The van der Waals surface area contributed by atoms with Gasteiger partial charge in [-0.15, -0.1) is 0 Å². The van der Waals surface area contributed by atoms with Crippen molar-refractivity contribution in [3.05, 3.63) is 41.6 Å². The molecular formula is C25H33N3O2. The van der Waals surface area contributed by atoms with Crippen molar-refractivity contribution < 1.29 is 9.59 Å². The van der Waals surface area contributed by atoms with Gasteiger partial charge in [0, 0.05) is 44.2 Å². The van der Waals surface area contributed by atoms with Crippen LogP contribution in [0.15, 0.2) is 30.5 Å². The van der Waals surface area contributed by atoms with E-state index in [0.29, 0.717) is 0 Å². The first-order chi connectivity index (χ1) is 14.5. The number of amides is 1. The van der Waals surface area contributed by atoms with Crippen LogP contribution in [0.5, 0.6) is 0 Å². The van der Waals surface area contributed by atoms with Crippen LogP contribution >= 0.6 is 0 Å². The summed E-state index contributed by atoms with van der Waals surface area (Å²) in [4.78, 5) is 29.9. The molecule has 2 atom stereocenters. The van der Waals surface area contributed by atoms with Gasteiger partial charge in [-0.2, -0.15) is 0 Å². The molecule has 5 nitrogen and oxygen atoms in total. The highest BCUT2D eigenvalue weighted by molar-refractivity contribution is 6.03. The molecule has 2 aliphatic rings. The Labute approximate surface area is 179 Å². The summed E-state index contributed by atoms with van der Waals surface area (Å²) >= 11 is 0. The molecule has 1 aliphatic carbocycles. The third kappa shape index (κ3) is 3.39. The van der Waals surface area contributed by atoms with Gasteiger partial charge >= 0.3 is 0 Å². The van der Waals surface area contributed by atoms with E-state index >= 15 is 0 Å². The van der Waals surface area contributed by atoms with Gasteiger partial charge in [0.05, 0.1) is 11.4 Å². The molecule has 0 radical (unpaired) electrons. The van der Waals surface area contributed by atoms with Crippen molar-refractivity contribution in [3.63, 3.8) is 0 Å². The minimum atomic E-state index is -0.111. The molecule has 0 bridgehead atoms. The van der Waals surface area contributed by atoms with Gasteiger partial charge in [0.15, 0.2) is 0 Å². The summed E-state index contributed by atoms with van der Waals surface area (Å²) < 4.78 is 1.78. The Kier molecular flexibility index (Phi) is 5.83. The maximum Gasteiger partial charge on any atom is 0.230 e. The summed E-state index contributed by atoms with van der Waals surface area (Å²) in [5, 5.41) is 1.18. The fraction of sp³-hybridized carbons (Fsp3) is 0.520. The van der Waals surface area contributed by atoms with Crippen molar-refractivity contribution in [1.29, 1.82) is 0 Å². The molecule has 1 aromatic carbocycles. The summed E-state index contributed by atoms with van der Waals surface area (Å²) in [7, 11) is 0. The first-order valence-electron chi connectivity index (χ1n) is 11.4. The zero-order chi connectivity index (χ0) is 21.4. The van der Waals surface area contributed by atoms with Crippen molar-refractivity contribution >= 4 is 28.3 Å². The third-order valence-electron chi connectivity index (χ3n) is 6.77. The predicted octanol–water partition coefficient (Wildman–Crippen LogP) is 4.21. The Morgan fingerprint density at radius 1 is 1.17 bits per heavy atom. The van der Waals surface area contributed by atoms with E-state index in [9.17, 15) is 9.59 Å². The molecule has 0 spiro atoms. The number of aromatic nitrogens is 1. The third-order valence-corrected chi connectivity index (χ3v) is 6.77. The molecule has 5 heteroatoms. The minimum Gasteiger partial charge on any atom is -0.343 e. The van der Waals surface area contributed by atoms with E-state index in [1.165, 1.54) is 22.1 Å². The highest BCUT2D eigenvalue weighted by Crippen LogP contribution is 2.42. The standard InChI is InChI=1S/C25H33N3O2/c1-5-8-12-27-15-19(25(30)26(6-2)7-3)13-21-20-10-9-11-22-24(20)18(14-23(21)27)16-28(22)17(4)29/h9-11,13,16,19,23H,5-8,12,14-15H2,1-4H3. The molecule has 30 heavy (non-hydrogen) atoms. The lowest BCUT2D eigenvalue weighted by molar-refractivity contribution is -0.134. The van der Waals surface area contributed by atoms with Gasteiger partial charge in [-0.25, -0.2) is 0 Å². The fourth-order valence-corrected chi connectivity index (χ4v) is 5.23. The Balaban J connectivity index is 1.83. The lowest BCUT2D eigenvalue weighted by atomic mass is 9.79. The topological polar surface area (TPSA) is 45.6 Å². The second kappa shape index (κ2) is 8.38. The second-order valence-corrected chi connectivity index (χ2v) is 8.55. The number of carbonyl (C=O) groups is 2. The van der Waals surface area contributed by atoms with Crippen molar-refractivity contribution in [2.24, 2.45) is 5.92 Å². The van der Waals surface area contributed by atoms with Crippen LogP contribution in [0.4, 0.5) is 0 Å². The number of unbranched alkanes of at least 4 members (excludes halogenated alkanes) is 1. The van der Waals surface area contributed by atoms with Gasteiger partial charge in [0.1, 0.15) is 0 Å². The normalized spacial score (nSPS) is 20.7. The fourth-order valence-electron chi connectivity index (χ4n) is 5.23. The first kappa shape index (κ1) is 20.9. The SMILES string of the molecule is CCCCN1CC(C(=O)N(CC)CC)C=C2c3cccc4c3c(cn4C(C)=O)CC21. The molecule has 1 aliphatic heterocycles. The van der Waals surface area contributed by atoms with E-state index in [1.807, 2.05) is 37.1 Å². The number of hydrogen-bond donors (Lipinski definition) is 0. The average molecular weight is 408 g/mol. The highest BCUT2D eigenvalue weighted by atomic mass is 16.2. The monoisotopic (exact) mass is 407 g/mol. The number of hydrogen-bond acceptors (Lipinski definition) is 3. The largest absolute Gasteiger partial charge is 0.343 e. The van der Waals surface area contributed by atoms with Gasteiger partial charge < -0.3 is 4.90 Å². The van der Waals surface area contributed by atoms with Crippen molar-refractivity contribution in [1.82, 2.24) is 14.4 Å². The molecular weight excluding hydrogens is 374 g/mol. The van der Waals surface area contributed by atoms with Crippen LogP contribution in [0.2, 0.25) is 0 Å². The second-order valence-electron chi connectivity index (χ2n) is 8.55. The minimum absolute atomic E-state index is 0.0414. The van der Waals surface area contributed by atoms with E-state index in [4.69, 9.17) is 0 Å². The van der Waals surface area contributed by atoms with Gasteiger partial charge in [-0.05, 0) is 56.0 Å². The Morgan fingerprint density at radius 2 is 1.93 bits per heavy atom. The molecule has 2 heterocycles. The molecule has 160 valence electrons. The van der Waals surface area contributed by atoms with Crippen LogP contribution in [0.1, 0.15) is 56.5 Å². The van der Waals surface area contributed by atoms with Crippen molar-refractivity contribution in [2.75, 3.05) is 26.2 Å². The zero-order valence-electron chi connectivity index (χ0n) is 18.6. The number of benzene rings is 1. The van der Waals surface area contributed by atoms with E-state index in [2.05, 4.69) is 24.0 Å².